The van der Waals surface area contributed by atoms with Crippen molar-refractivity contribution in [2.45, 2.75) is 62.5 Å². The lowest BCUT2D eigenvalue weighted by Crippen LogP contribution is -2.19. The highest BCUT2D eigenvalue weighted by atomic mass is 32.2. The van der Waals surface area contributed by atoms with E-state index in [1.807, 2.05) is 26.8 Å². The maximum atomic E-state index is 14.4. The van der Waals surface area contributed by atoms with Crippen LogP contribution in [0.25, 0.3) is 10.9 Å². The van der Waals surface area contributed by atoms with Crippen LogP contribution in [0, 0.1) is 6.92 Å². The average molecular weight is 565 g/mol. The summed E-state index contributed by atoms with van der Waals surface area (Å²) in [6, 6.07) is 10.4. The third kappa shape index (κ3) is 5.09. The Morgan fingerprint density at radius 2 is 1.79 bits per heavy atom. The quantitative estimate of drug-likeness (QED) is 0.241. The van der Waals surface area contributed by atoms with Gasteiger partial charge in [0.2, 0.25) is 9.84 Å². The van der Waals surface area contributed by atoms with Crippen LogP contribution in [0.4, 0.5) is 13.2 Å². The van der Waals surface area contributed by atoms with Crippen LogP contribution in [0.1, 0.15) is 60.0 Å². The van der Waals surface area contributed by atoms with Gasteiger partial charge in [0.15, 0.2) is 5.69 Å². The molecule has 0 amide bonds. The molecule has 0 N–H and O–H groups in total. The van der Waals surface area contributed by atoms with Gasteiger partial charge >= 0.3 is 12.3 Å². The lowest BCUT2D eigenvalue weighted by atomic mass is 9.87. The second kappa shape index (κ2) is 9.85. The van der Waals surface area contributed by atoms with Crippen LogP contribution in [0.2, 0.25) is 0 Å². The van der Waals surface area contributed by atoms with E-state index in [2.05, 4.69) is 4.98 Å². The molecule has 0 aliphatic rings. The van der Waals surface area contributed by atoms with E-state index in [-0.39, 0.29) is 65.7 Å². The normalized spacial score (nSPS) is 12.7. The van der Waals surface area contributed by atoms with E-state index in [0.29, 0.717) is 0 Å². The number of benzene rings is 2. The zero-order valence-electron chi connectivity index (χ0n) is 21.5. The standard InChI is InChI=1S/C27H27F3N2O4S2/c1-6-36-25(33)19-15-37-23(31-19)14-21-16(2)24-20(32(21)27(28,29)30)11-8-12-22(24)38(34,35)18-10-7-9-17(13-18)26(3,4)5/h7-13,15H,6,14H2,1-5H3. The second-order valence-corrected chi connectivity index (χ2v) is 12.7. The number of carbonyl (C=O) groups excluding carboxylic acids is 1. The van der Waals surface area contributed by atoms with Gasteiger partial charge in [-0.1, -0.05) is 39.0 Å². The average Bonchev–Trinajstić information content (AvgIpc) is 3.41. The fraction of sp³-hybridized carbons (Fsp3) is 0.333. The van der Waals surface area contributed by atoms with Crippen LogP contribution in [-0.2, 0) is 32.7 Å². The number of rotatable bonds is 6. The first-order chi connectivity index (χ1) is 17.7. The van der Waals surface area contributed by atoms with Gasteiger partial charge in [-0.25, -0.2) is 18.2 Å². The van der Waals surface area contributed by atoms with Gasteiger partial charge in [0.25, 0.3) is 0 Å². The van der Waals surface area contributed by atoms with Gasteiger partial charge < -0.3 is 4.74 Å². The molecule has 38 heavy (non-hydrogen) atoms. The van der Waals surface area contributed by atoms with Gasteiger partial charge in [-0.3, -0.25) is 4.57 Å². The number of fused-ring (bicyclic) bond motifs is 1. The van der Waals surface area contributed by atoms with Crippen LogP contribution >= 0.6 is 11.3 Å². The molecule has 2 heterocycles. The Kier molecular flexibility index (Phi) is 7.22. The summed E-state index contributed by atoms with van der Waals surface area (Å²) in [6.07, 6.45) is -5.07. The van der Waals surface area contributed by atoms with Crippen molar-refractivity contribution in [2.24, 2.45) is 0 Å². The number of esters is 1. The van der Waals surface area contributed by atoms with Crippen molar-refractivity contribution in [3.63, 3.8) is 0 Å². The molecule has 0 aliphatic carbocycles. The van der Waals surface area contributed by atoms with Gasteiger partial charge in [0.05, 0.1) is 26.9 Å². The predicted molar refractivity (Wildman–Crippen MR) is 139 cm³/mol. The van der Waals surface area contributed by atoms with Crippen molar-refractivity contribution >= 4 is 38.0 Å². The number of alkyl halides is 3. The van der Waals surface area contributed by atoms with Crippen molar-refractivity contribution < 1.29 is 31.1 Å². The lowest BCUT2D eigenvalue weighted by molar-refractivity contribution is -0.202. The maximum Gasteiger partial charge on any atom is 0.489 e. The number of sulfone groups is 1. The maximum absolute atomic E-state index is 14.4. The van der Waals surface area contributed by atoms with E-state index >= 15 is 0 Å². The third-order valence-corrected chi connectivity index (χ3v) is 8.87. The number of carbonyl (C=O) groups is 1. The number of ether oxygens (including phenoxy) is 1. The number of aryl methyl sites for hydroxylation is 1. The minimum Gasteiger partial charge on any atom is -0.461 e. The molecule has 2 aromatic heterocycles. The smallest absolute Gasteiger partial charge is 0.461 e. The Morgan fingerprint density at radius 1 is 1.11 bits per heavy atom. The number of nitrogens with zero attached hydrogens (tertiary/aromatic N) is 2. The highest BCUT2D eigenvalue weighted by Gasteiger charge is 2.38. The van der Waals surface area contributed by atoms with Gasteiger partial charge in [0.1, 0.15) is 0 Å². The molecule has 2 aromatic carbocycles. The second-order valence-electron chi connectivity index (χ2n) is 9.83. The van der Waals surface area contributed by atoms with Gasteiger partial charge in [-0.15, -0.1) is 24.5 Å². The Morgan fingerprint density at radius 3 is 2.42 bits per heavy atom. The molecule has 0 saturated heterocycles. The zero-order valence-corrected chi connectivity index (χ0v) is 23.1. The molecule has 0 spiro atoms. The summed E-state index contributed by atoms with van der Waals surface area (Å²) in [7, 11) is -4.16. The summed E-state index contributed by atoms with van der Waals surface area (Å²) >= 11 is 1.04. The fourth-order valence-electron chi connectivity index (χ4n) is 4.36. The number of thiazole rings is 1. The molecule has 202 valence electrons. The molecule has 0 saturated carbocycles. The molecule has 4 aromatic rings. The van der Waals surface area contributed by atoms with Crippen LogP contribution in [0.15, 0.2) is 57.6 Å². The predicted octanol–water partition coefficient (Wildman–Crippen LogP) is 6.78. The largest absolute Gasteiger partial charge is 0.489 e. The van der Waals surface area contributed by atoms with Gasteiger partial charge in [-0.05, 0) is 54.7 Å². The monoisotopic (exact) mass is 564 g/mol. The molecule has 11 heteroatoms. The van der Waals surface area contributed by atoms with Crippen LogP contribution in [0.3, 0.4) is 0 Å². The summed E-state index contributed by atoms with van der Waals surface area (Å²) in [5.41, 5.74) is 0.245. The van der Waals surface area contributed by atoms with Crippen LogP contribution in [-0.4, -0.2) is 30.5 Å². The molecule has 0 aliphatic heterocycles. The van der Waals surface area contributed by atoms with E-state index in [1.54, 1.807) is 19.1 Å². The topological polar surface area (TPSA) is 78.3 Å². The highest BCUT2D eigenvalue weighted by molar-refractivity contribution is 7.91. The minimum atomic E-state index is -4.82. The first-order valence-electron chi connectivity index (χ1n) is 11.8. The van der Waals surface area contributed by atoms with Gasteiger partial charge in [-0.2, -0.15) is 0 Å². The summed E-state index contributed by atoms with van der Waals surface area (Å²) in [6.45, 7) is 9.11. The van der Waals surface area contributed by atoms with E-state index < -0.39 is 22.1 Å². The number of halogens is 3. The number of hydrogen-bond acceptors (Lipinski definition) is 6. The number of hydrogen-bond donors (Lipinski definition) is 0. The summed E-state index contributed by atoms with van der Waals surface area (Å²) in [4.78, 5) is 16.0. The Labute approximate surface area is 223 Å². The Balaban J connectivity index is 1.91. The molecular weight excluding hydrogens is 537 g/mol. The molecule has 0 unspecified atom stereocenters. The summed E-state index contributed by atoms with van der Waals surface area (Å²) in [5, 5.41) is 1.70. The molecule has 0 radical (unpaired) electrons. The molecule has 0 bridgehead atoms. The first kappa shape index (κ1) is 27.8. The van der Waals surface area contributed by atoms with Crippen molar-refractivity contribution in [2.75, 3.05) is 6.61 Å². The third-order valence-electron chi connectivity index (χ3n) is 6.23. The number of aromatic nitrogens is 2. The highest BCUT2D eigenvalue weighted by Crippen LogP contribution is 2.40. The fourth-order valence-corrected chi connectivity index (χ4v) is 6.70. The van der Waals surface area contributed by atoms with Crippen molar-refractivity contribution in [1.29, 1.82) is 0 Å². The van der Waals surface area contributed by atoms with Gasteiger partial charge in [0, 0.05) is 22.9 Å². The van der Waals surface area contributed by atoms with Crippen molar-refractivity contribution in [3.05, 3.63) is 75.4 Å². The minimum absolute atomic E-state index is 0.00293. The molecule has 4 rings (SSSR count). The first-order valence-corrected chi connectivity index (χ1v) is 14.2. The lowest BCUT2D eigenvalue weighted by Gasteiger charge is -2.20. The zero-order chi connectivity index (χ0) is 28.0. The van der Waals surface area contributed by atoms with E-state index in [4.69, 9.17) is 4.74 Å². The molecule has 6 nitrogen and oxygen atoms in total. The Bertz CT molecular complexity index is 1630. The Hall–Kier alpha value is -3.18. The SMILES string of the molecule is CCOC(=O)c1csc(Cc2c(C)c3c(S(=O)(=O)c4cccc(C(C)(C)C)c4)cccc3n2C(F)(F)F)n1. The summed E-state index contributed by atoms with van der Waals surface area (Å²) < 4.78 is 75.9. The van der Waals surface area contributed by atoms with Crippen molar-refractivity contribution in [1.82, 2.24) is 9.55 Å². The molecular formula is C27H27F3N2O4S2. The summed E-state index contributed by atoms with van der Waals surface area (Å²) in [5.74, 6) is -0.658. The van der Waals surface area contributed by atoms with Crippen LogP contribution < -0.4 is 0 Å². The van der Waals surface area contributed by atoms with E-state index in [9.17, 15) is 26.4 Å². The van der Waals surface area contributed by atoms with Crippen LogP contribution in [0.5, 0.6) is 0 Å². The molecule has 0 fully saturated rings. The molecule has 0 atom stereocenters. The van der Waals surface area contributed by atoms with E-state index in [1.165, 1.54) is 36.6 Å². The van der Waals surface area contributed by atoms with Crippen molar-refractivity contribution in [3.8, 4) is 0 Å². The van der Waals surface area contributed by atoms with E-state index in [0.717, 1.165) is 16.9 Å².